The number of nitrogens with one attached hydrogen (secondary N) is 1. The summed E-state index contributed by atoms with van der Waals surface area (Å²) in [5.41, 5.74) is 1.46. The normalized spacial score (nSPS) is 10.9. The minimum atomic E-state index is -0.595. The zero-order valence-electron chi connectivity index (χ0n) is 16.0. The first-order valence-corrected chi connectivity index (χ1v) is 9.44. The number of hydrogen-bond acceptors (Lipinski definition) is 5. The van der Waals surface area contributed by atoms with Crippen molar-refractivity contribution in [3.63, 3.8) is 0 Å². The number of hydrogen-bond donors (Lipinski definition) is 1. The maximum absolute atomic E-state index is 12.4. The number of halogens is 1. The molecule has 1 amide bonds. The van der Waals surface area contributed by atoms with Gasteiger partial charge in [-0.1, -0.05) is 35.9 Å². The summed E-state index contributed by atoms with van der Waals surface area (Å²) in [6, 6.07) is 18.7. The average Bonchev–Trinajstić information content (AvgIpc) is 3.22. The van der Waals surface area contributed by atoms with E-state index in [4.69, 9.17) is 20.8 Å². The number of furan rings is 1. The van der Waals surface area contributed by atoms with E-state index >= 15 is 0 Å². The van der Waals surface area contributed by atoms with Crippen LogP contribution in [0.4, 0.5) is 5.69 Å². The van der Waals surface area contributed by atoms with Gasteiger partial charge >= 0.3 is 5.97 Å². The Morgan fingerprint density at radius 2 is 1.87 bits per heavy atom. The van der Waals surface area contributed by atoms with Gasteiger partial charge in [0.25, 0.3) is 5.91 Å². The van der Waals surface area contributed by atoms with Gasteiger partial charge in [0.2, 0.25) is 0 Å². The number of carbonyl (C=O) groups is 2. The zero-order chi connectivity index (χ0) is 21.5. The van der Waals surface area contributed by atoms with Gasteiger partial charge in [-0.2, -0.15) is 5.26 Å². The molecule has 2 aromatic carbocycles. The van der Waals surface area contributed by atoms with Gasteiger partial charge in [-0.15, -0.1) is 0 Å². The van der Waals surface area contributed by atoms with E-state index in [1.807, 2.05) is 6.07 Å². The molecule has 0 fully saturated rings. The third-order valence-corrected chi connectivity index (χ3v) is 4.41. The Morgan fingerprint density at radius 3 is 2.53 bits per heavy atom. The Morgan fingerprint density at radius 1 is 1.13 bits per heavy atom. The molecule has 1 heterocycles. The second-order valence-corrected chi connectivity index (χ2v) is 6.51. The highest BCUT2D eigenvalue weighted by molar-refractivity contribution is 6.34. The van der Waals surface area contributed by atoms with Crippen molar-refractivity contribution < 1.29 is 18.7 Å². The number of rotatable bonds is 6. The number of esters is 1. The maximum Gasteiger partial charge on any atom is 0.338 e. The van der Waals surface area contributed by atoms with E-state index in [1.165, 1.54) is 6.08 Å². The molecule has 6 nitrogen and oxygen atoms in total. The van der Waals surface area contributed by atoms with Gasteiger partial charge in [0.15, 0.2) is 0 Å². The van der Waals surface area contributed by atoms with Crippen LogP contribution in [0.1, 0.15) is 23.0 Å². The molecule has 3 rings (SSSR count). The minimum absolute atomic E-state index is 0.131. The molecule has 0 spiro atoms. The van der Waals surface area contributed by atoms with Crippen LogP contribution >= 0.6 is 11.6 Å². The minimum Gasteiger partial charge on any atom is -0.462 e. The number of benzene rings is 2. The van der Waals surface area contributed by atoms with Crippen molar-refractivity contribution in [1.29, 1.82) is 5.26 Å². The van der Waals surface area contributed by atoms with Gasteiger partial charge in [0.05, 0.1) is 22.9 Å². The van der Waals surface area contributed by atoms with Crippen LogP contribution in [0.3, 0.4) is 0 Å². The molecule has 150 valence electrons. The Labute approximate surface area is 178 Å². The van der Waals surface area contributed by atoms with E-state index in [1.54, 1.807) is 67.6 Å². The molecule has 0 aliphatic heterocycles. The summed E-state index contributed by atoms with van der Waals surface area (Å²) < 4.78 is 10.7. The van der Waals surface area contributed by atoms with E-state index in [-0.39, 0.29) is 5.57 Å². The molecule has 30 heavy (non-hydrogen) atoms. The van der Waals surface area contributed by atoms with Gasteiger partial charge in [0.1, 0.15) is 23.2 Å². The molecule has 0 radical (unpaired) electrons. The van der Waals surface area contributed by atoms with Crippen molar-refractivity contribution in [3.8, 4) is 17.4 Å². The lowest BCUT2D eigenvalue weighted by Crippen LogP contribution is -2.13. The third-order valence-electron chi connectivity index (χ3n) is 4.08. The molecule has 0 saturated heterocycles. The number of amides is 1. The summed E-state index contributed by atoms with van der Waals surface area (Å²) in [5.74, 6) is -0.122. The first-order valence-electron chi connectivity index (χ1n) is 9.07. The summed E-state index contributed by atoms with van der Waals surface area (Å²) in [4.78, 5) is 24.1. The van der Waals surface area contributed by atoms with E-state index in [2.05, 4.69) is 5.32 Å². The molecule has 0 aliphatic rings. The summed E-state index contributed by atoms with van der Waals surface area (Å²) in [5, 5.41) is 12.3. The van der Waals surface area contributed by atoms with Crippen molar-refractivity contribution in [3.05, 3.63) is 82.6 Å². The fraction of sp³-hybridized carbons (Fsp3) is 0.0870. The number of carbonyl (C=O) groups excluding carboxylic acids is 2. The lowest BCUT2D eigenvalue weighted by atomic mass is 10.1. The summed E-state index contributed by atoms with van der Waals surface area (Å²) in [6.45, 7) is 2.05. The second-order valence-electron chi connectivity index (χ2n) is 6.10. The van der Waals surface area contributed by atoms with Crippen molar-refractivity contribution in [2.75, 3.05) is 11.9 Å². The highest BCUT2D eigenvalue weighted by Crippen LogP contribution is 2.25. The van der Waals surface area contributed by atoms with Crippen LogP contribution in [0.5, 0.6) is 0 Å². The monoisotopic (exact) mass is 420 g/mol. The summed E-state index contributed by atoms with van der Waals surface area (Å²) in [6.07, 6.45) is 1.35. The van der Waals surface area contributed by atoms with Crippen LogP contribution in [0.2, 0.25) is 5.02 Å². The molecule has 7 heteroatoms. The molecule has 0 bridgehead atoms. The predicted molar refractivity (Wildman–Crippen MR) is 114 cm³/mol. The SMILES string of the molecule is CCOC(=O)c1ccc(-c2ccc(/C=C(\C#N)C(=O)Nc3ccccc3Cl)o2)cc1. The van der Waals surface area contributed by atoms with Gasteiger partial charge in [-0.25, -0.2) is 4.79 Å². The summed E-state index contributed by atoms with van der Waals surface area (Å²) >= 11 is 6.03. The number of nitriles is 1. The zero-order valence-corrected chi connectivity index (χ0v) is 16.8. The fourth-order valence-electron chi connectivity index (χ4n) is 2.61. The standard InChI is InChI=1S/C23H17ClN2O4/c1-2-29-23(28)16-9-7-15(8-10-16)21-12-11-18(30-21)13-17(14-25)22(27)26-20-6-4-3-5-19(20)24/h3-13H,2H2,1H3,(H,26,27)/b17-13+. The Bertz CT molecular complexity index is 1140. The molecule has 1 aromatic heterocycles. The lowest BCUT2D eigenvalue weighted by molar-refractivity contribution is -0.112. The van der Waals surface area contributed by atoms with Crippen molar-refractivity contribution >= 4 is 35.2 Å². The summed E-state index contributed by atoms with van der Waals surface area (Å²) in [7, 11) is 0. The van der Waals surface area contributed by atoms with Gasteiger partial charge in [0, 0.05) is 11.6 Å². The van der Waals surface area contributed by atoms with Gasteiger partial charge in [-0.05, 0) is 43.3 Å². The van der Waals surface area contributed by atoms with Crippen LogP contribution in [0.25, 0.3) is 17.4 Å². The fourth-order valence-corrected chi connectivity index (χ4v) is 2.80. The molecule has 0 atom stereocenters. The Balaban J connectivity index is 1.76. The smallest absolute Gasteiger partial charge is 0.338 e. The van der Waals surface area contributed by atoms with Gasteiger partial charge < -0.3 is 14.5 Å². The molecular formula is C23H17ClN2O4. The Kier molecular flexibility index (Phi) is 6.68. The molecule has 0 aliphatic carbocycles. The molecule has 1 N–H and O–H groups in total. The van der Waals surface area contributed by atoms with Crippen LogP contribution in [0, 0.1) is 11.3 Å². The van der Waals surface area contributed by atoms with Crippen molar-refractivity contribution in [2.45, 2.75) is 6.92 Å². The largest absolute Gasteiger partial charge is 0.462 e. The topological polar surface area (TPSA) is 92.3 Å². The van der Waals surface area contributed by atoms with Crippen LogP contribution < -0.4 is 5.32 Å². The van der Waals surface area contributed by atoms with Crippen molar-refractivity contribution in [2.24, 2.45) is 0 Å². The quantitative estimate of drug-likeness (QED) is 0.331. The number of para-hydroxylation sites is 1. The third kappa shape index (κ3) is 4.96. The first-order chi connectivity index (χ1) is 14.5. The maximum atomic E-state index is 12.4. The van der Waals surface area contributed by atoms with E-state index in [0.717, 1.165) is 5.56 Å². The van der Waals surface area contributed by atoms with E-state index in [9.17, 15) is 14.9 Å². The van der Waals surface area contributed by atoms with Gasteiger partial charge in [-0.3, -0.25) is 4.79 Å². The number of nitrogens with zero attached hydrogens (tertiary/aromatic N) is 1. The van der Waals surface area contributed by atoms with Crippen LogP contribution in [-0.2, 0) is 9.53 Å². The highest BCUT2D eigenvalue weighted by Gasteiger charge is 2.13. The van der Waals surface area contributed by atoms with Crippen LogP contribution in [0.15, 0.2) is 70.7 Å². The lowest BCUT2D eigenvalue weighted by Gasteiger charge is -2.05. The molecule has 0 saturated carbocycles. The Hall–Kier alpha value is -3.82. The van der Waals surface area contributed by atoms with Crippen LogP contribution in [-0.4, -0.2) is 18.5 Å². The molecular weight excluding hydrogens is 404 g/mol. The van der Waals surface area contributed by atoms with E-state index < -0.39 is 11.9 Å². The molecule has 3 aromatic rings. The second kappa shape index (κ2) is 9.59. The average molecular weight is 421 g/mol. The molecule has 0 unspecified atom stereocenters. The highest BCUT2D eigenvalue weighted by atomic mass is 35.5. The first kappa shape index (κ1) is 20.9. The van der Waals surface area contributed by atoms with E-state index in [0.29, 0.717) is 34.4 Å². The number of anilines is 1. The van der Waals surface area contributed by atoms with Crippen molar-refractivity contribution in [1.82, 2.24) is 0 Å². The number of ether oxygens (including phenoxy) is 1. The predicted octanol–water partition coefficient (Wildman–Crippen LogP) is 5.32.